The van der Waals surface area contributed by atoms with Crippen molar-refractivity contribution in [1.29, 1.82) is 0 Å². The Morgan fingerprint density at radius 3 is 2.46 bits per heavy atom. The average molecular weight is 196 g/mol. The lowest BCUT2D eigenvalue weighted by Gasteiger charge is -2.19. The zero-order valence-electron chi connectivity index (χ0n) is 7.69. The number of rotatable bonds is 4. The summed E-state index contributed by atoms with van der Waals surface area (Å²) in [6, 6.07) is 9.71. The third kappa shape index (κ3) is 2.86. The van der Waals surface area contributed by atoms with Crippen molar-refractivity contribution in [3.63, 3.8) is 0 Å². The van der Waals surface area contributed by atoms with Crippen LogP contribution in [0.1, 0.15) is 6.92 Å². The number of benzene rings is 1. The minimum atomic E-state index is -0.776. The van der Waals surface area contributed by atoms with Crippen LogP contribution in [0.3, 0.4) is 0 Å². The number of methoxy groups -OCH3 is 1. The molecule has 70 valence electrons. The quantitative estimate of drug-likeness (QED) is 0.420. The van der Waals surface area contributed by atoms with Gasteiger partial charge in [-0.2, -0.15) is 0 Å². The van der Waals surface area contributed by atoms with Crippen LogP contribution in [-0.4, -0.2) is 18.3 Å². The van der Waals surface area contributed by atoms with Crippen molar-refractivity contribution in [2.75, 3.05) is 7.11 Å². The minimum Gasteiger partial charge on any atom is -0.360 e. The van der Waals surface area contributed by atoms with Gasteiger partial charge in [-0.05, 0) is 19.1 Å². The molecule has 0 amide bonds. The maximum atomic E-state index is 10.7. The molecule has 0 heterocycles. The van der Waals surface area contributed by atoms with Gasteiger partial charge in [0.05, 0.1) is 0 Å². The number of ether oxygens (including phenoxy) is 1. The normalized spacial score (nSPS) is 14.9. The van der Waals surface area contributed by atoms with Gasteiger partial charge in [0.1, 0.15) is 0 Å². The summed E-state index contributed by atoms with van der Waals surface area (Å²) in [5.74, 6) is 0. The smallest absolute Gasteiger partial charge is 0.170 e. The molecule has 0 aromatic heterocycles. The number of aldehydes is 1. The Bertz CT molecular complexity index is 274. The Morgan fingerprint density at radius 1 is 1.38 bits per heavy atom. The zero-order valence-corrected chi connectivity index (χ0v) is 8.51. The molecule has 1 rings (SSSR count). The fraction of sp³-hybridized carbons (Fsp3) is 0.300. The van der Waals surface area contributed by atoms with Crippen LogP contribution in [0.15, 0.2) is 35.2 Å². The molecule has 3 heteroatoms. The minimum absolute atomic E-state index is 0.776. The van der Waals surface area contributed by atoms with E-state index in [9.17, 15) is 4.79 Å². The summed E-state index contributed by atoms with van der Waals surface area (Å²) >= 11 is 1.40. The van der Waals surface area contributed by atoms with Crippen LogP contribution in [0, 0.1) is 0 Å². The van der Waals surface area contributed by atoms with E-state index in [1.807, 2.05) is 30.3 Å². The van der Waals surface area contributed by atoms with Crippen LogP contribution in [0.25, 0.3) is 0 Å². The monoisotopic (exact) mass is 196 g/mol. The summed E-state index contributed by atoms with van der Waals surface area (Å²) in [7, 11) is 1.53. The van der Waals surface area contributed by atoms with Crippen molar-refractivity contribution in [1.82, 2.24) is 0 Å². The lowest BCUT2D eigenvalue weighted by Crippen LogP contribution is -2.23. The van der Waals surface area contributed by atoms with Crippen molar-refractivity contribution in [2.45, 2.75) is 16.8 Å². The predicted molar refractivity (Wildman–Crippen MR) is 53.8 cm³/mol. The molecule has 2 nitrogen and oxygen atoms in total. The molecule has 0 radical (unpaired) electrons. The van der Waals surface area contributed by atoms with E-state index in [-0.39, 0.29) is 0 Å². The molecule has 13 heavy (non-hydrogen) atoms. The van der Waals surface area contributed by atoms with Crippen LogP contribution in [-0.2, 0) is 9.53 Å². The van der Waals surface area contributed by atoms with Gasteiger partial charge in [0, 0.05) is 12.0 Å². The first-order chi connectivity index (χ1) is 6.20. The number of hydrogen-bond acceptors (Lipinski definition) is 3. The first-order valence-electron chi connectivity index (χ1n) is 3.96. The Kier molecular flexibility index (Phi) is 3.51. The van der Waals surface area contributed by atoms with E-state index in [0.717, 1.165) is 11.2 Å². The first kappa shape index (κ1) is 10.3. The number of carbonyl (C=O) groups is 1. The maximum absolute atomic E-state index is 10.7. The average Bonchev–Trinajstić information content (AvgIpc) is 2.19. The Labute approximate surface area is 82.3 Å². The molecule has 0 fully saturated rings. The van der Waals surface area contributed by atoms with Gasteiger partial charge in [0.15, 0.2) is 11.2 Å². The SMILES string of the molecule is COC(C)(C=O)Sc1ccccc1. The summed E-state index contributed by atoms with van der Waals surface area (Å²) in [6.45, 7) is 1.75. The van der Waals surface area contributed by atoms with Gasteiger partial charge < -0.3 is 4.74 Å². The van der Waals surface area contributed by atoms with E-state index >= 15 is 0 Å². The van der Waals surface area contributed by atoms with E-state index in [0.29, 0.717) is 0 Å². The van der Waals surface area contributed by atoms with Crippen molar-refractivity contribution in [3.8, 4) is 0 Å². The topological polar surface area (TPSA) is 26.3 Å². The Hall–Kier alpha value is -0.800. The summed E-state index contributed by atoms with van der Waals surface area (Å²) in [6.07, 6.45) is 0.810. The van der Waals surface area contributed by atoms with Crippen LogP contribution in [0.4, 0.5) is 0 Å². The molecule has 1 unspecified atom stereocenters. The molecule has 0 bridgehead atoms. The molecule has 0 spiro atoms. The van der Waals surface area contributed by atoms with Crippen LogP contribution in [0.5, 0.6) is 0 Å². The third-order valence-corrected chi connectivity index (χ3v) is 2.86. The number of carbonyl (C=O) groups excluding carboxylic acids is 1. The highest BCUT2D eigenvalue weighted by Crippen LogP contribution is 2.31. The van der Waals surface area contributed by atoms with Gasteiger partial charge in [0.25, 0.3) is 0 Å². The molecular weight excluding hydrogens is 184 g/mol. The van der Waals surface area contributed by atoms with Crippen molar-refractivity contribution < 1.29 is 9.53 Å². The fourth-order valence-corrected chi connectivity index (χ4v) is 1.73. The highest BCUT2D eigenvalue weighted by molar-refractivity contribution is 8.01. The van der Waals surface area contributed by atoms with Crippen LogP contribution < -0.4 is 0 Å². The predicted octanol–water partition coefficient (Wildman–Crippen LogP) is 2.34. The molecular formula is C10H12O2S. The highest BCUT2D eigenvalue weighted by Gasteiger charge is 2.23. The van der Waals surface area contributed by atoms with Crippen LogP contribution >= 0.6 is 11.8 Å². The van der Waals surface area contributed by atoms with E-state index in [2.05, 4.69) is 0 Å². The Balaban J connectivity index is 2.73. The largest absolute Gasteiger partial charge is 0.360 e. The van der Waals surface area contributed by atoms with Gasteiger partial charge in [-0.3, -0.25) is 4.79 Å². The molecule has 1 aromatic carbocycles. The molecule has 1 atom stereocenters. The van der Waals surface area contributed by atoms with Crippen LogP contribution in [0.2, 0.25) is 0 Å². The second kappa shape index (κ2) is 4.44. The molecule has 0 saturated carbocycles. The van der Waals surface area contributed by atoms with Gasteiger partial charge in [0.2, 0.25) is 0 Å². The van der Waals surface area contributed by atoms with E-state index in [4.69, 9.17) is 4.74 Å². The summed E-state index contributed by atoms with van der Waals surface area (Å²) in [4.78, 5) is 11.0. The van der Waals surface area contributed by atoms with Gasteiger partial charge in [-0.1, -0.05) is 30.0 Å². The summed E-state index contributed by atoms with van der Waals surface area (Å²) < 4.78 is 5.09. The molecule has 0 N–H and O–H groups in total. The van der Waals surface area contributed by atoms with Crippen molar-refractivity contribution >= 4 is 18.0 Å². The molecule has 0 aliphatic heterocycles. The standard InChI is InChI=1S/C10H12O2S/c1-10(8-11,12-2)13-9-6-4-3-5-7-9/h3-8H,1-2H3. The van der Waals surface area contributed by atoms with E-state index in [1.54, 1.807) is 6.92 Å². The summed E-state index contributed by atoms with van der Waals surface area (Å²) in [5, 5.41) is 0. The lowest BCUT2D eigenvalue weighted by molar-refractivity contribution is -0.117. The number of hydrogen-bond donors (Lipinski definition) is 0. The maximum Gasteiger partial charge on any atom is 0.170 e. The lowest BCUT2D eigenvalue weighted by atomic mass is 10.4. The highest BCUT2D eigenvalue weighted by atomic mass is 32.2. The van der Waals surface area contributed by atoms with Crippen molar-refractivity contribution in [3.05, 3.63) is 30.3 Å². The third-order valence-electron chi connectivity index (χ3n) is 1.68. The number of thioether (sulfide) groups is 1. The molecule has 0 aliphatic carbocycles. The van der Waals surface area contributed by atoms with Gasteiger partial charge >= 0.3 is 0 Å². The zero-order chi connectivity index (χ0) is 9.73. The molecule has 0 aliphatic rings. The van der Waals surface area contributed by atoms with Gasteiger partial charge in [-0.15, -0.1) is 0 Å². The second-order valence-corrected chi connectivity index (χ2v) is 4.24. The Morgan fingerprint density at radius 2 is 2.00 bits per heavy atom. The van der Waals surface area contributed by atoms with Crippen molar-refractivity contribution in [2.24, 2.45) is 0 Å². The van der Waals surface area contributed by atoms with E-state index < -0.39 is 4.93 Å². The molecule has 0 saturated heterocycles. The van der Waals surface area contributed by atoms with E-state index in [1.165, 1.54) is 18.9 Å². The fourth-order valence-electron chi connectivity index (χ4n) is 0.836. The van der Waals surface area contributed by atoms with Gasteiger partial charge in [-0.25, -0.2) is 0 Å². The second-order valence-electron chi connectivity index (χ2n) is 2.75. The molecule has 1 aromatic rings. The first-order valence-corrected chi connectivity index (χ1v) is 4.77. The summed E-state index contributed by atoms with van der Waals surface area (Å²) in [5.41, 5.74) is 0.